The van der Waals surface area contributed by atoms with Gasteiger partial charge in [-0.25, -0.2) is 28.4 Å². The number of hydrogen-bond acceptors (Lipinski definition) is 5. The lowest BCUT2D eigenvalue weighted by Crippen LogP contribution is -2.43. The third-order valence-electron chi connectivity index (χ3n) is 5.47. The largest absolute Gasteiger partial charge is 0.350 e. The summed E-state index contributed by atoms with van der Waals surface area (Å²) in [7, 11) is 0. The van der Waals surface area contributed by atoms with Gasteiger partial charge in [-0.15, -0.1) is 0 Å². The molecule has 35 heavy (non-hydrogen) atoms. The van der Waals surface area contributed by atoms with Crippen molar-refractivity contribution >= 4 is 29.2 Å². The topological polar surface area (TPSA) is 104 Å². The molecule has 180 valence electrons. The van der Waals surface area contributed by atoms with Crippen molar-refractivity contribution in [3.8, 4) is 11.3 Å². The molecule has 0 radical (unpaired) electrons. The number of rotatable bonds is 5. The standard InChI is InChI=1S/C25H23F2N5O3/c1-12(2)29-24(34)15-9-8-13(3)16(10-15)20-17-11-28-25(35)32(21-18(26)6-5-7-19(21)27)23(17)31-22(30-20)14(4)33/h5-10,12H,11H2,1-4H3,(H,28,35)(H,29,34). The maximum absolute atomic E-state index is 14.7. The van der Waals surface area contributed by atoms with Crippen LogP contribution in [0.1, 0.15) is 52.9 Å². The molecule has 0 unspecified atom stereocenters. The SMILES string of the molecule is CC(=O)c1nc(-c2cc(C(=O)NC(C)C)ccc2C)c2c(n1)N(c1c(F)cccc1F)C(=O)NC2. The molecule has 1 aliphatic rings. The molecule has 2 heterocycles. The zero-order valence-corrected chi connectivity index (χ0v) is 19.6. The summed E-state index contributed by atoms with van der Waals surface area (Å²) in [6.07, 6.45) is 0. The Bertz CT molecular complexity index is 1350. The van der Waals surface area contributed by atoms with E-state index in [4.69, 9.17) is 0 Å². The summed E-state index contributed by atoms with van der Waals surface area (Å²) in [5, 5.41) is 5.41. The Morgan fingerprint density at radius 1 is 1.11 bits per heavy atom. The summed E-state index contributed by atoms with van der Waals surface area (Å²) in [6, 6.07) is 7.38. The number of benzene rings is 2. The Labute approximate surface area is 200 Å². The van der Waals surface area contributed by atoms with Gasteiger partial charge in [0.15, 0.2) is 17.4 Å². The Balaban J connectivity index is 1.98. The third-order valence-corrected chi connectivity index (χ3v) is 5.47. The minimum Gasteiger partial charge on any atom is -0.350 e. The maximum atomic E-state index is 14.7. The average molecular weight is 479 g/mol. The van der Waals surface area contributed by atoms with E-state index in [1.165, 1.54) is 13.0 Å². The van der Waals surface area contributed by atoms with Crippen LogP contribution in [0, 0.1) is 18.6 Å². The van der Waals surface area contributed by atoms with Gasteiger partial charge in [0.2, 0.25) is 0 Å². The van der Waals surface area contributed by atoms with Crippen LogP contribution in [-0.2, 0) is 6.54 Å². The Morgan fingerprint density at radius 2 is 1.80 bits per heavy atom. The van der Waals surface area contributed by atoms with Crippen LogP contribution in [-0.4, -0.2) is 33.7 Å². The molecule has 8 nitrogen and oxygen atoms in total. The fourth-order valence-electron chi connectivity index (χ4n) is 3.81. The Hall–Kier alpha value is -4.21. The number of aromatic nitrogens is 2. The minimum absolute atomic E-state index is 0.0455. The number of hydrogen-bond donors (Lipinski definition) is 2. The molecule has 4 rings (SSSR count). The number of nitrogens with one attached hydrogen (secondary N) is 2. The van der Waals surface area contributed by atoms with E-state index < -0.39 is 29.1 Å². The number of urea groups is 1. The number of anilines is 2. The van der Waals surface area contributed by atoms with Crippen LogP contribution in [0.15, 0.2) is 36.4 Å². The van der Waals surface area contributed by atoms with Crippen LogP contribution in [0.25, 0.3) is 11.3 Å². The first-order valence-corrected chi connectivity index (χ1v) is 10.9. The number of halogens is 2. The van der Waals surface area contributed by atoms with Gasteiger partial charge in [0.05, 0.1) is 12.2 Å². The summed E-state index contributed by atoms with van der Waals surface area (Å²) in [6.45, 7) is 6.69. The highest BCUT2D eigenvalue weighted by Gasteiger charge is 2.34. The van der Waals surface area contributed by atoms with Gasteiger partial charge < -0.3 is 10.6 Å². The number of carbonyl (C=O) groups excluding carboxylic acids is 3. The molecule has 3 amide bonds. The number of fused-ring (bicyclic) bond motifs is 1. The molecule has 2 N–H and O–H groups in total. The van der Waals surface area contributed by atoms with Gasteiger partial charge in [0.25, 0.3) is 5.91 Å². The smallest absolute Gasteiger partial charge is 0.328 e. The molecule has 10 heteroatoms. The lowest BCUT2D eigenvalue weighted by Gasteiger charge is -2.30. The highest BCUT2D eigenvalue weighted by Crippen LogP contribution is 2.38. The maximum Gasteiger partial charge on any atom is 0.328 e. The molecule has 1 aliphatic heterocycles. The number of Topliss-reactive ketones (excluding diaryl/α,β-unsaturated/α-hetero) is 1. The predicted molar refractivity (Wildman–Crippen MR) is 126 cm³/mol. The van der Waals surface area contributed by atoms with Crippen molar-refractivity contribution in [3.05, 3.63) is 70.5 Å². The van der Waals surface area contributed by atoms with E-state index in [0.29, 0.717) is 16.7 Å². The fraction of sp³-hybridized carbons (Fsp3) is 0.240. The summed E-state index contributed by atoms with van der Waals surface area (Å²) in [4.78, 5) is 47.1. The normalized spacial score (nSPS) is 12.9. The van der Waals surface area contributed by atoms with Crippen molar-refractivity contribution in [1.82, 2.24) is 20.6 Å². The first-order valence-electron chi connectivity index (χ1n) is 10.9. The zero-order valence-electron chi connectivity index (χ0n) is 19.6. The lowest BCUT2D eigenvalue weighted by atomic mass is 9.97. The van der Waals surface area contributed by atoms with Crippen LogP contribution < -0.4 is 15.5 Å². The molecule has 2 aromatic carbocycles. The van der Waals surface area contributed by atoms with Crippen LogP contribution in [0.5, 0.6) is 0 Å². The monoisotopic (exact) mass is 479 g/mol. The van der Waals surface area contributed by atoms with Crippen molar-refractivity contribution in [2.75, 3.05) is 4.90 Å². The summed E-state index contributed by atoms with van der Waals surface area (Å²) in [5.41, 5.74) is 1.63. The van der Waals surface area contributed by atoms with Crippen molar-refractivity contribution in [2.24, 2.45) is 0 Å². The van der Waals surface area contributed by atoms with Crippen molar-refractivity contribution < 1.29 is 23.2 Å². The molecule has 1 aromatic heterocycles. The first-order chi connectivity index (χ1) is 16.6. The van der Waals surface area contributed by atoms with Gasteiger partial charge in [-0.1, -0.05) is 12.1 Å². The minimum atomic E-state index is -0.971. The van der Waals surface area contributed by atoms with Gasteiger partial charge in [-0.3, -0.25) is 9.59 Å². The molecule has 0 aliphatic carbocycles. The quantitative estimate of drug-likeness (QED) is 0.527. The van der Waals surface area contributed by atoms with Crippen LogP contribution >= 0.6 is 0 Å². The molecule has 0 saturated carbocycles. The van der Waals surface area contributed by atoms with E-state index in [9.17, 15) is 23.2 Å². The molecule has 3 aromatic rings. The number of nitrogens with zero attached hydrogens (tertiary/aromatic N) is 3. The van der Waals surface area contributed by atoms with Crippen molar-refractivity contribution in [1.29, 1.82) is 0 Å². The molecular formula is C25H23F2N5O3. The molecule has 0 fully saturated rings. The number of carbonyl (C=O) groups is 3. The van der Waals surface area contributed by atoms with Crippen LogP contribution in [0.3, 0.4) is 0 Å². The fourth-order valence-corrected chi connectivity index (χ4v) is 3.81. The number of ketones is 1. The van der Waals surface area contributed by atoms with E-state index in [1.54, 1.807) is 25.1 Å². The number of amides is 3. The van der Waals surface area contributed by atoms with E-state index in [-0.39, 0.29) is 35.8 Å². The summed E-state index contributed by atoms with van der Waals surface area (Å²) in [5.74, 6) is -3.07. The third kappa shape index (κ3) is 4.46. The highest BCUT2D eigenvalue weighted by molar-refractivity contribution is 6.03. The van der Waals surface area contributed by atoms with E-state index >= 15 is 0 Å². The Kier molecular flexibility index (Phi) is 6.29. The average Bonchev–Trinajstić information content (AvgIpc) is 2.79. The van der Waals surface area contributed by atoms with Gasteiger partial charge in [0.1, 0.15) is 17.3 Å². The van der Waals surface area contributed by atoms with Gasteiger partial charge >= 0.3 is 6.03 Å². The summed E-state index contributed by atoms with van der Waals surface area (Å²) >= 11 is 0. The molecule has 0 saturated heterocycles. The second kappa shape index (κ2) is 9.21. The highest BCUT2D eigenvalue weighted by atomic mass is 19.1. The predicted octanol–water partition coefficient (Wildman–Crippen LogP) is 4.43. The molecule has 0 spiro atoms. The molecular weight excluding hydrogens is 456 g/mol. The van der Waals surface area contributed by atoms with Crippen LogP contribution in [0.4, 0.5) is 25.1 Å². The van der Waals surface area contributed by atoms with E-state index in [2.05, 4.69) is 20.6 Å². The second-order valence-electron chi connectivity index (χ2n) is 8.48. The van der Waals surface area contributed by atoms with Crippen LogP contribution in [0.2, 0.25) is 0 Å². The number of para-hydroxylation sites is 1. The van der Waals surface area contributed by atoms with Gasteiger partial charge in [-0.05, 0) is 50.6 Å². The lowest BCUT2D eigenvalue weighted by molar-refractivity contribution is 0.0942. The molecule has 0 atom stereocenters. The van der Waals surface area contributed by atoms with Gasteiger partial charge in [0, 0.05) is 29.7 Å². The van der Waals surface area contributed by atoms with Crippen molar-refractivity contribution in [2.45, 2.75) is 40.3 Å². The first kappa shape index (κ1) is 23.9. The number of aryl methyl sites for hydroxylation is 1. The van der Waals surface area contributed by atoms with E-state index in [0.717, 1.165) is 22.6 Å². The molecule has 0 bridgehead atoms. The zero-order chi connectivity index (χ0) is 25.4. The van der Waals surface area contributed by atoms with E-state index in [1.807, 2.05) is 13.8 Å². The van der Waals surface area contributed by atoms with Crippen molar-refractivity contribution in [3.63, 3.8) is 0 Å². The second-order valence-corrected chi connectivity index (χ2v) is 8.48. The Morgan fingerprint density at radius 3 is 2.43 bits per heavy atom. The van der Waals surface area contributed by atoms with Gasteiger partial charge in [-0.2, -0.15) is 0 Å². The summed E-state index contributed by atoms with van der Waals surface area (Å²) < 4.78 is 29.4.